The molecule has 202 valence electrons. The summed E-state index contributed by atoms with van der Waals surface area (Å²) in [7, 11) is 0. The molecule has 0 spiro atoms. The smallest absolute Gasteiger partial charge is 0.0601 e. The molecule has 0 N–H and O–H groups in total. The van der Waals surface area contributed by atoms with Crippen LogP contribution >= 0.6 is 0 Å². The van der Waals surface area contributed by atoms with Crippen LogP contribution in [-0.4, -0.2) is 35.5 Å². The number of allylic oxidation sites excluding steroid dienone is 2. The van der Waals surface area contributed by atoms with Crippen LogP contribution < -0.4 is 0 Å². The van der Waals surface area contributed by atoms with E-state index < -0.39 is 0 Å². The number of nitrogens with zero attached hydrogens (tertiary/aromatic N) is 4. The lowest BCUT2D eigenvalue weighted by Crippen LogP contribution is -2.31. The van der Waals surface area contributed by atoms with E-state index in [1.807, 2.05) is 49.3 Å². The van der Waals surface area contributed by atoms with Gasteiger partial charge in [-0.2, -0.15) is 0 Å². The molecular weight excluding hydrogens is 512 g/mol. The van der Waals surface area contributed by atoms with Gasteiger partial charge in [-0.05, 0) is 68.8 Å². The normalized spacial score (nSPS) is 21.0. The Balaban J connectivity index is 1.32. The second-order valence-electron chi connectivity index (χ2n) is 10.8. The third-order valence-corrected chi connectivity index (χ3v) is 8.50. The molecule has 42 heavy (non-hydrogen) atoms. The van der Waals surface area contributed by atoms with Gasteiger partial charge in [-0.3, -0.25) is 20.0 Å². The maximum Gasteiger partial charge on any atom is 0.0601 e. The van der Waals surface area contributed by atoms with Crippen LogP contribution in [0.15, 0.2) is 156 Å². The van der Waals surface area contributed by atoms with Crippen LogP contribution in [0.4, 0.5) is 0 Å². The SMILES string of the molecule is C1=CC(c2cccnc2)(c2ccccc2-c2ccc(-c3ccccc3C3(c4cccnc4)C=CC=NC3)cc2)CN=C1. The molecule has 0 saturated carbocycles. The summed E-state index contributed by atoms with van der Waals surface area (Å²) in [6.45, 7) is 1.29. The average molecular weight is 543 g/mol. The van der Waals surface area contributed by atoms with E-state index in [4.69, 9.17) is 9.98 Å². The second-order valence-corrected chi connectivity index (χ2v) is 10.8. The van der Waals surface area contributed by atoms with Gasteiger partial charge in [-0.25, -0.2) is 0 Å². The number of hydrogen-bond acceptors (Lipinski definition) is 4. The molecule has 4 nitrogen and oxygen atoms in total. The molecule has 2 aliphatic rings. The number of pyridine rings is 2. The number of aromatic nitrogens is 2. The Kier molecular flexibility index (Phi) is 6.73. The molecule has 2 atom stereocenters. The highest BCUT2D eigenvalue weighted by atomic mass is 14.8. The summed E-state index contributed by atoms with van der Waals surface area (Å²) >= 11 is 0. The molecule has 0 bridgehead atoms. The van der Waals surface area contributed by atoms with Crippen LogP contribution in [0.2, 0.25) is 0 Å². The van der Waals surface area contributed by atoms with Crippen molar-refractivity contribution in [2.45, 2.75) is 10.8 Å². The van der Waals surface area contributed by atoms with Crippen molar-refractivity contribution in [3.8, 4) is 22.3 Å². The van der Waals surface area contributed by atoms with Crippen molar-refractivity contribution >= 4 is 12.4 Å². The molecule has 5 aromatic rings. The molecule has 4 heterocycles. The Morgan fingerprint density at radius 2 is 0.929 bits per heavy atom. The molecule has 0 saturated heterocycles. The fourth-order valence-corrected chi connectivity index (χ4v) is 6.40. The maximum absolute atomic E-state index is 4.70. The van der Waals surface area contributed by atoms with Gasteiger partial charge in [0.15, 0.2) is 0 Å². The number of hydrogen-bond donors (Lipinski definition) is 0. The lowest BCUT2D eigenvalue weighted by Gasteiger charge is -2.34. The molecular formula is C38H30N4. The second kappa shape index (κ2) is 11.0. The minimum absolute atomic E-state index is 0.380. The highest BCUT2D eigenvalue weighted by Crippen LogP contribution is 2.43. The molecule has 2 aliphatic heterocycles. The summed E-state index contributed by atoms with van der Waals surface area (Å²) in [6, 6.07) is 34.6. The zero-order chi connectivity index (χ0) is 28.2. The van der Waals surface area contributed by atoms with Crippen molar-refractivity contribution < 1.29 is 0 Å². The number of rotatable bonds is 6. The lowest BCUT2D eigenvalue weighted by molar-refractivity contribution is 0.651. The van der Waals surface area contributed by atoms with E-state index in [-0.39, 0.29) is 10.8 Å². The van der Waals surface area contributed by atoms with Gasteiger partial charge in [-0.1, -0.05) is 97.1 Å². The quantitative estimate of drug-likeness (QED) is 0.221. The molecule has 2 unspecified atom stereocenters. The fraction of sp³-hybridized carbons (Fsp3) is 0.105. The number of dihydropyridines is 2. The van der Waals surface area contributed by atoms with Crippen molar-refractivity contribution in [3.63, 3.8) is 0 Å². The Morgan fingerprint density at radius 1 is 0.476 bits per heavy atom. The summed E-state index contributed by atoms with van der Waals surface area (Å²) in [5.74, 6) is 0. The Bertz CT molecular complexity index is 1680. The van der Waals surface area contributed by atoms with Crippen molar-refractivity contribution in [2.24, 2.45) is 9.98 Å². The highest BCUT2D eigenvalue weighted by molar-refractivity contribution is 5.80. The molecule has 0 aliphatic carbocycles. The van der Waals surface area contributed by atoms with Crippen LogP contribution in [0.25, 0.3) is 22.3 Å². The molecule has 2 aromatic heterocycles. The Hall–Kier alpha value is -5.22. The topological polar surface area (TPSA) is 50.5 Å². The monoisotopic (exact) mass is 542 g/mol. The predicted molar refractivity (Wildman–Crippen MR) is 172 cm³/mol. The summed E-state index contributed by atoms with van der Waals surface area (Å²) in [6.07, 6.45) is 20.0. The van der Waals surface area contributed by atoms with E-state index in [9.17, 15) is 0 Å². The van der Waals surface area contributed by atoms with Gasteiger partial charge in [-0.15, -0.1) is 0 Å². The van der Waals surface area contributed by atoms with Gasteiger partial charge >= 0.3 is 0 Å². The summed E-state index contributed by atoms with van der Waals surface area (Å²) in [4.78, 5) is 18.3. The Morgan fingerprint density at radius 3 is 1.31 bits per heavy atom. The first-order valence-electron chi connectivity index (χ1n) is 14.3. The van der Waals surface area contributed by atoms with Gasteiger partial charge in [0.1, 0.15) is 0 Å². The zero-order valence-electron chi connectivity index (χ0n) is 23.2. The van der Waals surface area contributed by atoms with E-state index in [0.717, 1.165) is 11.1 Å². The fourth-order valence-electron chi connectivity index (χ4n) is 6.40. The van der Waals surface area contributed by atoms with Gasteiger partial charge in [0, 0.05) is 37.2 Å². The van der Waals surface area contributed by atoms with E-state index in [0.29, 0.717) is 13.1 Å². The van der Waals surface area contributed by atoms with E-state index in [2.05, 4.69) is 119 Å². The van der Waals surface area contributed by atoms with Crippen LogP contribution in [0, 0.1) is 0 Å². The summed E-state index contributed by atoms with van der Waals surface area (Å²) < 4.78 is 0. The van der Waals surface area contributed by atoms with Gasteiger partial charge in [0.2, 0.25) is 0 Å². The Labute approximate surface area is 246 Å². The van der Waals surface area contributed by atoms with Gasteiger partial charge < -0.3 is 0 Å². The molecule has 4 heteroatoms. The maximum atomic E-state index is 4.70. The number of aliphatic imine (C=N–C) groups is 2. The predicted octanol–water partition coefficient (Wildman–Crippen LogP) is 7.66. The van der Waals surface area contributed by atoms with E-state index >= 15 is 0 Å². The standard InChI is InChI=1S/C38H30N4/c1-3-13-35(37(19-7-23-41-27-37)31-9-5-21-39-25-31)33(11-1)29-15-17-30(18-16-29)34-12-2-4-14-36(34)38(20-8-24-42-28-38)32-10-6-22-40-26-32/h1-26H,27-28H2. The third-order valence-electron chi connectivity index (χ3n) is 8.50. The summed E-state index contributed by atoms with van der Waals surface area (Å²) in [5.41, 5.74) is 8.69. The first-order chi connectivity index (χ1) is 20.8. The average Bonchev–Trinajstić information content (AvgIpc) is 3.10. The van der Waals surface area contributed by atoms with Crippen LogP contribution in [0.3, 0.4) is 0 Å². The number of benzene rings is 3. The van der Waals surface area contributed by atoms with Crippen molar-refractivity contribution in [3.05, 3.63) is 168 Å². The first kappa shape index (κ1) is 25.7. The zero-order valence-corrected chi connectivity index (χ0v) is 23.2. The molecule has 7 rings (SSSR count). The van der Waals surface area contributed by atoms with Crippen LogP contribution in [0.5, 0.6) is 0 Å². The molecule has 0 amide bonds. The molecule has 3 aromatic carbocycles. The van der Waals surface area contributed by atoms with Crippen molar-refractivity contribution in [1.82, 2.24) is 9.97 Å². The summed E-state index contributed by atoms with van der Waals surface area (Å²) in [5, 5.41) is 0. The van der Waals surface area contributed by atoms with Gasteiger partial charge in [0.25, 0.3) is 0 Å². The third kappa shape index (κ3) is 4.42. The van der Waals surface area contributed by atoms with Crippen molar-refractivity contribution in [1.29, 1.82) is 0 Å². The molecule has 0 fully saturated rings. The first-order valence-corrected chi connectivity index (χ1v) is 14.3. The van der Waals surface area contributed by atoms with Crippen LogP contribution in [-0.2, 0) is 10.8 Å². The minimum atomic E-state index is -0.380. The van der Waals surface area contributed by atoms with E-state index in [1.165, 1.54) is 33.4 Å². The highest BCUT2D eigenvalue weighted by Gasteiger charge is 2.36. The van der Waals surface area contributed by atoms with Crippen molar-refractivity contribution in [2.75, 3.05) is 13.1 Å². The lowest BCUT2D eigenvalue weighted by atomic mass is 9.71. The van der Waals surface area contributed by atoms with E-state index in [1.54, 1.807) is 0 Å². The minimum Gasteiger partial charge on any atom is -0.292 e. The van der Waals surface area contributed by atoms with Crippen LogP contribution in [0.1, 0.15) is 22.3 Å². The largest absolute Gasteiger partial charge is 0.292 e. The van der Waals surface area contributed by atoms with Gasteiger partial charge in [0.05, 0.1) is 23.9 Å². The molecule has 0 radical (unpaired) electrons.